The van der Waals surface area contributed by atoms with E-state index in [0.717, 1.165) is 10.8 Å². The molecule has 5 aromatic rings. The highest BCUT2D eigenvalue weighted by molar-refractivity contribution is 7.90. The number of fused-ring (bicyclic) bond motifs is 2. The summed E-state index contributed by atoms with van der Waals surface area (Å²) < 4.78 is 32.4. The van der Waals surface area contributed by atoms with Crippen LogP contribution in [0.5, 0.6) is 11.5 Å². The van der Waals surface area contributed by atoms with E-state index in [1.807, 2.05) is 42.5 Å². The lowest BCUT2D eigenvalue weighted by Gasteiger charge is -2.16. The van der Waals surface area contributed by atoms with Gasteiger partial charge in [0.05, 0.1) is 4.90 Å². The van der Waals surface area contributed by atoms with Gasteiger partial charge in [-0.05, 0) is 35.7 Å². The maximum Gasteiger partial charge on any atom is 0.274 e. The quantitative estimate of drug-likeness (QED) is 0.428. The van der Waals surface area contributed by atoms with Crippen molar-refractivity contribution in [2.24, 2.45) is 7.05 Å². The predicted molar refractivity (Wildman–Crippen MR) is 126 cm³/mol. The van der Waals surface area contributed by atoms with Crippen LogP contribution in [0.2, 0.25) is 0 Å². The maximum atomic E-state index is 12.5. The molecule has 0 aliphatic heterocycles. The molecule has 5 rings (SSSR count). The SMILES string of the molecule is Cn1cc(-c2cc(S(C)(=O)=O)ccc2Oc2cccc3ccccc23)c2cc[nH]c2c1=O. The Morgan fingerprint density at radius 3 is 2.47 bits per heavy atom. The van der Waals surface area contributed by atoms with Crippen LogP contribution >= 0.6 is 0 Å². The van der Waals surface area contributed by atoms with Crippen molar-refractivity contribution < 1.29 is 13.2 Å². The third-order valence-electron chi connectivity index (χ3n) is 5.53. The molecule has 0 radical (unpaired) electrons. The minimum Gasteiger partial charge on any atom is -0.456 e. The Labute approximate surface area is 184 Å². The molecule has 2 heterocycles. The van der Waals surface area contributed by atoms with Crippen molar-refractivity contribution >= 4 is 31.5 Å². The summed E-state index contributed by atoms with van der Waals surface area (Å²) in [5.74, 6) is 1.15. The van der Waals surface area contributed by atoms with E-state index in [2.05, 4.69) is 4.98 Å². The second kappa shape index (κ2) is 7.39. The Bertz CT molecular complexity index is 1660. The van der Waals surface area contributed by atoms with Crippen LogP contribution in [0.25, 0.3) is 32.8 Å². The fraction of sp³-hybridized carbons (Fsp3) is 0.0800. The number of hydrogen-bond donors (Lipinski definition) is 1. The summed E-state index contributed by atoms with van der Waals surface area (Å²) in [6.45, 7) is 0. The molecule has 0 unspecified atom stereocenters. The fourth-order valence-electron chi connectivity index (χ4n) is 3.93. The summed E-state index contributed by atoms with van der Waals surface area (Å²) in [4.78, 5) is 15.7. The number of pyridine rings is 1. The van der Waals surface area contributed by atoms with E-state index < -0.39 is 9.84 Å². The fourth-order valence-corrected chi connectivity index (χ4v) is 4.57. The molecule has 160 valence electrons. The summed E-state index contributed by atoms with van der Waals surface area (Å²) in [6, 6.07) is 20.3. The second-order valence-electron chi connectivity index (χ2n) is 7.73. The van der Waals surface area contributed by atoms with Gasteiger partial charge < -0.3 is 14.3 Å². The third-order valence-corrected chi connectivity index (χ3v) is 6.64. The minimum absolute atomic E-state index is 0.162. The molecule has 3 aromatic carbocycles. The first kappa shape index (κ1) is 20.1. The van der Waals surface area contributed by atoms with E-state index in [0.29, 0.717) is 33.5 Å². The molecule has 0 atom stereocenters. The minimum atomic E-state index is -3.45. The third kappa shape index (κ3) is 3.36. The van der Waals surface area contributed by atoms with Gasteiger partial charge in [0.25, 0.3) is 5.56 Å². The van der Waals surface area contributed by atoms with E-state index in [-0.39, 0.29) is 10.5 Å². The van der Waals surface area contributed by atoms with Crippen LogP contribution in [-0.4, -0.2) is 24.2 Å². The molecule has 32 heavy (non-hydrogen) atoms. The number of hydrogen-bond acceptors (Lipinski definition) is 4. The van der Waals surface area contributed by atoms with Gasteiger partial charge in [-0.25, -0.2) is 8.42 Å². The molecule has 6 nitrogen and oxygen atoms in total. The first-order chi connectivity index (χ1) is 15.3. The Kier molecular flexibility index (Phi) is 4.64. The lowest BCUT2D eigenvalue weighted by Crippen LogP contribution is -2.16. The molecule has 0 saturated heterocycles. The van der Waals surface area contributed by atoms with Gasteiger partial charge in [0.1, 0.15) is 17.0 Å². The molecule has 0 aliphatic rings. The summed E-state index contributed by atoms with van der Waals surface area (Å²) in [5, 5.41) is 2.68. The highest BCUT2D eigenvalue weighted by Gasteiger charge is 2.18. The average molecular weight is 445 g/mol. The first-order valence-electron chi connectivity index (χ1n) is 10.00. The number of rotatable bonds is 4. The number of nitrogens with one attached hydrogen (secondary N) is 1. The zero-order valence-electron chi connectivity index (χ0n) is 17.5. The van der Waals surface area contributed by atoms with E-state index in [1.165, 1.54) is 16.9 Å². The Hall–Kier alpha value is -3.84. The molecule has 2 aromatic heterocycles. The van der Waals surface area contributed by atoms with Crippen LogP contribution in [-0.2, 0) is 16.9 Å². The van der Waals surface area contributed by atoms with Gasteiger partial charge in [-0.3, -0.25) is 4.79 Å². The summed E-state index contributed by atoms with van der Waals surface area (Å²) in [7, 11) is -1.78. The van der Waals surface area contributed by atoms with Gasteiger partial charge in [-0.15, -0.1) is 0 Å². The largest absolute Gasteiger partial charge is 0.456 e. The van der Waals surface area contributed by atoms with Crippen molar-refractivity contribution in [2.45, 2.75) is 4.90 Å². The maximum absolute atomic E-state index is 12.5. The monoisotopic (exact) mass is 444 g/mol. The Balaban J connectivity index is 1.78. The van der Waals surface area contributed by atoms with Gasteiger partial charge in [-0.1, -0.05) is 36.4 Å². The molecule has 0 spiro atoms. The van der Waals surface area contributed by atoms with Crippen LogP contribution in [0.3, 0.4) is 0 Å². The van der Waals surface area contributed by atoms with Crippen molar-refractivity contribution in [3.8, 4) is 22.6 Å². The smallest absolute Gasteiger partial charge is 0.274 e. The van der Waals surface area contributed by atoms with Crippen molar-refractivity contribution in [3.05, 3.63) is 89.5 Å². The van der Waals surface area contributed by atoms with Crippen molar-refractivity contribution in [3.63, 3.8) is 0 Å². The van der Waals surface area contributed by atoms with Crippen molar-refractivity contribution in [1.29, 1.82) is 0 Å². The molecule has 0 bridgehead atoms. The number of nitrogens with zero attached hydrogens (tertiary/aromatic N) is 1. The number of sulfone groups is 1. The van der Waals surface area contributed by atoms with Crippen LogP contribution in [0.4, 0.5) is 0 Å². The second-order valence-corrected chi connectivity index (χ2v) is 9.75. The Morgan fingerprint density at radius 2 is 1.66 bits per heavy atom. The van der Waals surface area contributed by atoms with Gasteiger partial charge in [-0.2, -0.15) is 0 Å². The molecule has 0 fully saturated rings. The topological polar surface area (TPSA) is 81.2 Å². The highest BCUT2D eigenvalue weighted by atomic mass is 32.2. The van der Waals surface area contributed by atoms with Crippen LogP contribution in [0.1, 0.15) is 0 Å². The van der Waals surface area contributed by atoms with E-state index in [4.69, 9.17) is 4.74 Å². The van der Waals surface area contributed by atoms with E-state index in [9.17, 15) is 13.2 Å². The zero-order valence-corrected chi connectivity index (χ0v) is 18.3. The summed E-state index contributed by atoms with van der Waals surface area (Å²) >= 11 is 0. The molecule has 0 aliphatic carbocycles. The number of aryl methyl sites for hydroxylation is 1. The molecular formula is C25H20N2O4S. The lowest BCUT2D eigenvalue weighted by atomic mass is 10.0. The lowest BCUT2D eigenvalue weighted by molar-refractivity contribution is 0.489. The molecule has 7 heteroatoms. The van der Waals surface area contributed by atoms with E-state index >= 15 is 0 Å². The van der Waals surface area contributed by atoms with Crippen molar-refractivity contribution in [2.75, 3.05) is 6.26 Å². The molecule has 0 amide bonds. The molecule has 1 N–H and O–H groups in total. The predicted octanol–water partition coefficient (Wildman–Crippen LogP) is 4.88. The van der Waals surface area contributed by atoms with E-state index in [1.54, 1.807) is 37.6 Å². The number of H-pyrrole nitrogens is 1. The molecular weight excluding hydrogens is 424 g/mol. The average Bonchev–Trinajstić information content (AvgIpc) is 3.26. The summed E-state index contributed by atoms with van der Waals surface area (Å²) in [6.07, 6.45) is 4.57. The van der Waals surface area contributed by atoms with Gasteiger partial charge in [0.15, 0.2) is 9.84 Å². The van der Waals surface area contributed by atoms with Crippen LogP contribution < -0.4 is 10.3 Å². The van der Waals surface area contributed by atoms with Gasteiger partial charge >= 0.3 is 0 Å². The standard InChI is InChI=1S/C25H20N2O4S/c1-27-15-21(19-12-13-26-24(19)25(27)28)20-14-17(32(2,29)30)10-11-23(20)31-22-9-5-7-16-6-3-4-8-18(16)22/h3-15,26H,1-2H3. The number of benzene rings is 3. The summed E-state index contributed by atoms with van der Waals surface area (Å²) in [5.41, 5.74) is 1.57. The van der Waals surface area contributed by atoms with Crippen LogP contribution in [0.15, 0.2) is 88.8 Å². The number of aromatic amines is 1. The Morgan fingerprint density at radius 1 is 0.875 bits per heavy atom. The first-order valence-corrected chi connectivity index (χ1v) is 11.9. The number of aromatic nitrogens is 2. The van der Waals surface area contributed by atoms with Gasteiger partial charge in [0.2, 0.25) is 0 Å². The molecule has 0 saturated carbocycles. The number of ether oxygens (including phenoxy) is 1. The van der Waals surface area contributed by atoms with Crippen molar-refractivity contribution in [1.82, 2.24) is 9.55 Å². The normalized spacial score (nSPS) is 11.8. The van der Waals surface area contributed by atoms with Crippen LogP contribution in [0, 0.1) is 0 Å². The zero-order chi connectivity index (χ0) is 22.5. The van der Waals surface area contributed by atoms with Gasteiger partial charge in [0, 0.05) is 47.6 Å². The highest BCUT2D eigenvalue weighted by Crippen LogP contribution is 2.39.